The van der Waals surface area contributed by atoms with E-state index in [0.717, 1.165) is 12.1 Å². The van der Waals surface area contributed by atoms with Gasteiger partial charge < -0.3 is 0 Å². The Labute approximate surface area is 96.4 Å². The van der Waals surface area contributed by atoms with Crippen molar-refractivity contribution in [1.29, 1.82) is 0 Å². The third-order valence-corrected chi connectivity index (χ3v) is 11.1. The third kappa shape index (κ3) is 3.34. The molecule has 0 atom stereocenters. The Morgan fingerprint density at radius 2 is 1.93 bits per heavy atom. The van der Waals surface area contributed by atoms with Gasteiger partial charge in [-0.1, -0.05) is 31.5 Å². The standard InChI is InChI=1S/C11H17ClSSi/c1-4-14(12,5-2)13-11-8-6-7-10(3)9-11/h6-9H,4-5H2,1-3H3. The summed E-state index contributed by atoms with van der Waals surface area (Å²) in [5, 5.41) is 0. The minimum Gasteiger partial charge on any atom is -0.152 e. The van der Waals surface area contributed by atoms with Gasteiger partial charge in [0, 0.05) is 4.90 Å². The molecule has 0 unspecified atom stereocenters. The molecule has 0 spiro atoms. The van der Waals surface area contributed by atoms with Crippen molar-refractivity contribution in [1.82, 2.24) is 0 Å². The zero-order valence-corrected chi connectivity index (χ0v) is 11.6. The Morgan fingerprint density at radius 1 is 1.29 bits per heavy atom. The highest BCUT2D eigenvalue weighted by Gasteiger charge is 2.27. The van der Waals surface area contributed by atoms with E-state index >= 15 is 0 Å². The van der Waals surface area contributed by atoms with E-state index in [-0.39, 0.29) is 0 Å². The lowest BCUT2D eigenvalue weighted by Crippen LogP contribution is -2.19. The molecule has 78 valence electrons. The highest BCUT2D eigenvalue weighted by Crippen LogP contribution is 2.38. The van der Waals surface area contributed by atoms with E-state index in [1.165, 1.54) is 10.5 Å². The van der Waals surface area contributed by atoms with E-state index in [2.05, 4.69) is 45.0 Å². The summed E-state index contributed by atoms with van der Waals surface area (Å²) in [6.45, 7) is 4.95. The van der Waals surface area contributed by atoms with Crippen molar-refractivity contribution in [2.24, 2.45) is 0 Å². The van der Waals surface area contributed by atoms with E-state index < -0.39 is 6.53 Å². The fourth-order valence-electron chi connectivity index (χ4n) is 1.28. The van der Waals surface area contributed by atoms with Gasteiger partial charge in [0.15, 0.2) is 0 Å². The van der Waals surface area contributed by atoms with Gasteiger partial charge in [0.2, 0.25) is 6.53 Å². The molecular weight excluding hydrogens is 228 g/mol. The molecule has 1 rings (SSSR count). The Kier molecular flexibility index (Phi) is 4.55. The van der Waals surface area contributed by atoms with Crippen molar-refractivity contribution < 1.29 is 0 Å². The molecule has 0 radical (unpaired) electrons. The zero-order valence-electron chi connectivity index (χ0n) is 9.01. The lowest BCUT2D eigenvalue weighted by molar-refractivity contribution is 1.33. The van der Waals surface area contributed by atoms with Crippen molar-refractivity contribution >= 4 is 28.8 Å². The Hall–Kier alpha value is 0.0769. The minimum absolute atomic E-state index is 1.13. The third-order valence-electron chi connectivity index (χ3n) is 2.35. The molecule has 0 amide bonds. The lowest BCUT2D eigenvalue weighted by Gasteiger charge is -2.20. The van der Waals surface area contributed by atoms with Crippen molar-refractivity contribution in [2.75, 3.05) is 0 Å². The van der Waals surface area contributed by atoms with Gasteiger partial charge in [-0.3, -0.25) is 0 Å². The van der Waals surface area contributed by atoms with Crippen molar-refractivity contribution in [3.05, 3.63) is 29.8 Å². The fraction of sp³-hybridized carbons (Fsp3) is 0.455. The Balaban J connectivity index is 2.77. The number of halogens is 1. The smallest absolute Gasteiger partial charge is 0.152 e. The largest absolute Gasteiger partial charge is 0.219 e. The van der Waals surface area contributed by atoms with Crippen molar-refractivity contribution in [3.8, 4) is 0 Å². The van der Waals surface area contributed by atoms with Gasteiger partial charge in [-0.2, -0.15) is 11.1 Å². The van der Waals surface area contributed by atoms with E-state index in [0.29, 0.717) is 0 Å². The molecular formula is C11H17ClSSi. The first-order valence-electron chi connectivity index (χ1n) is 5.04. The first kappa shape index (κ1) is 12.1. The second-order valence-corrected chi connectivity index (χ2v) is 13.2. The van der Waals surface area contributed by atoms with Crippen LogP contribution in [0.5, 0.6) is 0 Å². The van der Waals surface area contributed by atoms with Crippen LogP contribution in [0.1, 0.15) is 19.4 Å². The predicted molar refractivity (Wildman–Crippen MR) is 69.6 cm³/mol. The zero-order chi connectivity index (χ0) is 10.6. The van der Waals surface area contributed by atoms with E-state index in [9.17, 15) is 0 Å². The second-order valence-electron chi connectivity index (χ2n) is 3.51. The van der Waals surface area contributed by atoms with Crippen LogP contribution in [0.3, 0.4) is 0 Å². The van der Waals surface area contributed by atoms with Gasteiger partial charge in [0.05, 0.1) is 0 Å². The molecule has 0 aliphatic rings. The monoisotopic (exact) mass is 244 g/mol. The molecule has 0 aliphatic carbocycles. The van der Waals surface area contributed by atoms with E-state index in [1.54, 1.807) is 0 Å². The van der Waals surface area contributed by atoms with Gasteiger partial charge in [-0.05, 0) is 31.1 Å². The summed E-state index contributed by atoms with van der Waals surface area (Å²) < 4.78 is 0. The van der Waals surface area contributed by atoms with E-state index in [1.807, 2.05) is 11.2 Å². The molecule has 1 aromatic carbocycles. The molecule has 1 aromatic rings. The summed E-state index contributed by atoms with van der Waals surface area (Å²) in [6, 6.07) is 10.9. The summed E-state index contributed by atoms with van der Waals surface area (Å²) in [6.07, 6.45) is 0. The molecule has 0 heterocycles. The molecule has 0 bridgehead atoms. The van der Waals surface area contributed by atoms with Crippen LogP contribution in [0.15, 0.2) is 29.2 Å². The average molecular weight is 245 g/mol. The Bertz CT molecular complexity index is 297. The maximum atomic E-state index is 6.60. The van der Waals surface area contributed by atoms with Gasteiger partial charge >= 0.3 is 0 Å². The highest BCUT2D eigenvalue weighted by atomic mass is 35.6. The van der Waals surface area contributed by atoms with Crippen LogP contribution in [0.2, 0.25) is 12.1 Å². The van der Waals surface area contributed by atoms with Gasteiger partial charge in [-0.15, -0.1) is 11.2 Å². The summed E-state index contributed by atoms with van der Waals surface area (Å²) in [7, 11) is 0. The topological polar surface area (TPSA) is 0 Å². The van der Waals surface area contributed by atoms with Gasteiger partial charge in [0.1, 0.15) is 0 Å². The number of aryl methyl sites for hydroxylation is 1. The molecule has 0 N–H and O–H groups in total. The first-order chi connectivity index (χ1) is 6.59. The minimum atomic E-state index is -1.57. The Morgan fingerprint density at radius 3 is 2.43 bits per heavy atom. The number of hydrogen-bond donors (Lipinski definition) is 0. The quantitative estimate of drug-likeness (QED) is 0.541. The summed E-state index contributed by atoms with van der Waals surface area (Å²) in [5.41, 5.74) is 1.32. The van der Waals surface area contributed by atoms with E-state index in [4.69, 9.17) is 11.1 Å². The molecule has 0 aromatic heterocycles. The normalized spacial score (nSPS) is 11.7. The summed E-state index contributed by atoms with van der Waals surface area (Å²) >= 11 is 8.51. The summed E-state index contributed by atoms with van der Waals surface area (Å²) in [5.74, 6) is 0. The van der Waals surface area contributed by atoms with Crippen LogP contribution in [0.4, 0.5) is 0 Å². The first-order valence-corrected chi connectivity index (χ1v) is 10.0. The molecule has 0 nitrogen and oxygen atoms in total. The van der Waals surface area contributed by atoms with Crippen LogP contribution in [0.25, 0.3) is 0 Å². The SMILES string of the molecule is CC[Si](Cl)(CC)Sc1cccc(C)c1. The molecule has 0 fully saturated rings. The molecule has 3 heteroatoms. The van der Waals surface area contributed by atoms with Crippen LogP contribution in [-0.4, -0.2) is 6.53 Å². The maximum absolute atomic E-state index is 6.60. The van der Waals surface area contributed by atoms with Crippen molar-refractivity contribution in [3.63, 3.8) is 0 Å². The fourth-order valence-corrected chi connectivity index (χ4v) is 6.20. The van der Waals surface area contributed by atoms with Crippen LogP contribution >= 0.6 is 22.3 Å². The molecule has 0 saturated heterocycles. The highest BCUT2D eigenvalue weighted by molar-refractivity contribution is 8.33. The van der Waals surface area contributed by atoms with Gasteiger partial charge in [-0.25, -0.2) is 0 Å². The van der Waals surface area contributed by atoms with Crippen LogP contribution in [-0.2, 0) is 0 Å². The number of hydrogen-bond acceptors (Lipinski definition) is 1. The number of benzene rings is 1. The van der Waals surface area contributed by atoms with Crippen molar-refractivity contribution in [2.45, 2.75) is 37.8 Å². The molecule has 0 saturated carbocycles. The predicted octanol–water partition coefficient (Wildman–Crippen LogP) is 4.81. The molecule has 14 heavy (non-hydrogen) atoms. The lowest BCUT2D eigenvalue weighted by atomic mass is 10.2. The van der Waals surface area contributed by atoms with Crippen LogP contribution < -0.4 is 0 Å². The second kappa shape index (κ2) is 5.24. The van der Waals surface area contributed by atoms with Gasteiger partial charge in [0.25, 0.3) is 0 Å². The number of rotatable bonds is 4. The average Bonchev–Trinajstić information content (AvgIpc) is 2.18. The summed E-state index contributed by atoms with van der Waals surface area (Å²) in [4.78, 5) is 1.33. The molecule has 0 aliphatic heterocycles. The maximum Gasteiger partial charge on any atom is 0.219 e. The van der Waals surface area contributed by atoms with Crippen LogP contribution in [0, 0.1) is 6.92 Å².